The van der Waals surface area contributed by atoms with Crippen LogP contribution in [0.15, 0.2) is 42.9 Å². The summed E-state index contributed by atoms with van der Waals surface area (Å²) in [6.45, 7) is 1.72. The SMILES string of the molecule is Fc1ccc(F)c2c1O[C@H]1CN(Cc3cn[nH]c3-c3cccnc3)C[C@H]1O2. The van der Waals surface area contributed by atoms with Crippen LogP contribution in [0.1, 0.15) is 5.56 Å². The van der Waals surface area contributed by atoms with E-state index in [1.165, 1.54) is 0 Å². The second kappa shape index (κ2) is 6.31. The molecule has 0 aliphatic carbocycles. The van der Waals surface area contributed by atoms with Gasteiger partial charge >= 0.3 is 0 Å². The smallest absolute Gasteiger partial charge is 0.200 e. The molecule has 5 rings (SSSR count). The maximum atomic E-state index is 13.9. The number of nitrogens with zero attached hydrogens (tertiary/aromatic N) is 3. The van der Waals surface area contributed by atoms with Crippen LogP contribution in [0, 0.1) is 11.6 Å². The topological polar surface area (TPSA) is 63.3 Å². The molecule has 2 aromatic heterocycles. The van der Waals surface area contributed by atoms with Crippen molar-refractivity contribution < 1.29 is 18.3 Å². The zero-order valence-corrected chi connectivity index (χ0v) is 14.2. The largest absolute Gasteiger partial charge is 0.478 e. The van der Waals surface area contributed by atoms with Gasteiger partial charge in [-0.15, -0.1) is 0 Å². The van der Waals surface area contributed by atoms with Crippen molar-refractivity contribution in [1.29, 1.82) is 0 Å². The standard InChI is InChI=1S/C19H16F2N4O2/c20-13-3-4-14(21)19-18(13)26-15-9-25(10-16(15)27-19)8-12-7-23-24-17(12)11-2-1-5-22-6-11/h1-7,15-16H,8-10H2,(H,23,24)/t15-,16+. The molecule has 8 heteroatoms. The van der Waals surface area contributed by atoms with Gasteiger partial charge in [0.1, 0.15) is 12.2 Å². The van der Waals surface area contributed by atoms with E-state index in [0.717, 1.165) is 29.0 Å². The third-order valence-corrected chi connectivity index (χ3v) is 4.91. The van der Waals surface area contributed by atoms with E-state index in [9.17, 15) is 8.78 Å². The molecule has 4 heterocycles. The zero-order valence-electron chi connectivity index (χ0n) is 14.2. The van der Waals surface area contributed by atoms with E-state index in [4.69, 9.17) is 9.47 Å². The molecule has 2 aliphatic heterocycles. The van der Waals surface area contributed by atoms with Crippen LogP contribution in [0.3, 0.4) is 0 Å². The Kier molecular flexibility index (Phi) is 3.78. The Morgan fingerprint density at radius 3 is 2.37 bits per heavy atom. The first-order valence-corrected chi connectivity index (χ1v) is 8.65. The fourth-order valence-corrected chi connectivity index (χ4v) is 3.64. The lowest BCUT2D eigenvalue weighted by molar-refractivity contribution is 0.0467. The van der Waals surface area contributed by atoms with E-state index in [1.807, 2.05) is 12.1 Å². The zero-order chi connectivity index (χ0) is 18.4. The number of benzene rings is 1. The summed E-state index contributed by atoms with van der Waals surface area (Å²) in [4.78, 5) is 6.27. The highest BCUT2D eigenvalue weighted by Crippen LogP contribution is 2.40. The number of halogens is 2. The minimum absolute atomic E-state index is 0.141. The number of ether oxygens (including phenoxy) is 2. The van der Waals surface area contributed by atoms with Crippen LogP contribution < -0.4 is 9.47 Å². The molecule has 138 valence electrons. The molecule has 27 heavy (non-hydrogen) atoms. The molecule has 6 nitrogen and oxygen atoms in total. The van der Waals surface area contributed by atoms with Gasteiger partial charge in [0.05, 0.1) is 11.9 Å². The Morgan fingerprint density at radius 2 is 1.74 bits per heavy atom. The van der Waals surface area contributed by atoms with Gasteiger partial charge in [0.2, 0.25) is 11.5 Å². The first-order valence-electron chi connectivity index (χ1n) is 8.65. The lowest BCUT2D eigenvalue weighted by Gasteiger charge is -2.28. The first-order chi connectivity index (χ1) is 13.2. The van der Waals surface area contributed by atoms with E-state index in [2.05, 4.69) is 20.1 Å². The number of hydrogen-bond donors (Lipinski definition) is 1. The van der Waals surface area contributed by atoms with Crippen molar-refractivity contribution >= 4 is 0 Å². The Balaban J connectivity index is 1.34. The number of rotatable bonds is 3. The molecule has 2 aliphatic rings. The lowest BCUT2D eigenvalue weighted by Crippen LogP contribution is -2.39. The first kappa shape index (κ1) is 16.2. The van der Waals surface area contributed by atoms with Crippen LogP contribution in [-0.2, 0) is 6.54 Å². The van der Waals surface area contributed by atoms with Crippen molar-refractivity contribution in [3.05, 3.63) is 60.1 Å². The van der Waals surface area contributed by atoms with E-state index in [1.54, 1.807) is 18.6 Å². The molecular weight excluding hydrogens is 354 g/mol. The molecule has 1 N–H and O–H groups in total. The number of fused-ring (bicyclic) bond motifs is 2. The Labute approximate surface area is 153 Å². The van der Waals surface area contributed by atoms with Crippen molar-refractivity contribution in [2.24, 2.45) is 0 Å². The molecule has 0 amide bonds. The molecule has 3 aromatic rings. The predicted molar refractivity (Wildman–Crippen MR) is 92.3 cm³/mol. The van der Waals surface area contributed by atoms with Crippen LogP contribution >= 0.6 is 0 Å². The van der Waals surface area contributed by atoms with Gasteiger partial charge in [0, 0.05) is 43.2 Å². The molecule has 2 atom stereocenters. The summed E-state index contributed by atoms with van der Waals surface area (Å²) >= 11 is 0. The third-order valence-electron chi connectivity index (χ3n) is 4.91. The number of likely N-dealkylation sites (tertiary alicyclic amines) is 1. The number of aromatic nitrogens is 3. The quantitative estimate of drug-likeness (QED) is 0.768. The number of hydrogen-bond acceptors (Lipinski definition) is 5. The molecule has 1 aromatic carbocycles. The van der Waals surface area contributed by atoms with Crippen molar-refractivity contribution in [2.45, 2.75) is 18.8 Å². The maximum Gasteiger partial charge on any atom is 0.200 e. The minimum atomic E-state index is -0.614. The average molecular weight is 370 g/mol. The van der Waals surface area contributed by atoms with Gasteiger partial charge in [-0.05, 0) is 24.3 Å². The molecule has 0 radical (unpaired) electrons. The molecule has 0 unspecified atom stereocenters. The van der Waals surface area contributed by atoms with Gasteiger partial charge < -0.3 is 9.47 Å². The highest BCUT2D eigenvalue weighted by atomic mass is 19.1. The Hall–Kier alpha value is -3.00. The second-order valence-corrected chi connectivity index (χ2v) is 6.71. The van der Waals surface area contributed by atoms with Gasteiger partial charge in [-0.25, -0.2) is 8.78 Å². The normalized spacial score (nSPS) is 21.3. The Morgan fingerprint density at radius 1 is 1.04 bits per heavy atom. The summed E-state index contributed by atoms with van der Waals surface area (Å²) in [5.74, 6) is -1.51. The average Bonchev–Trinajstić information content (AvgIpc) is 3.30. The third kappa shape index (κ3) is 2.82. The highest BCUT2D eigenvalue weighted by molar-refractivity contribution is 5.61. The van der Waals surface area contributed by atoms with Crippen molar-refractivity contribution in [3.63, 3.8) is 0 Å². The molecule has 0 saturated carbocycles. The van der Waals surface area contributed by atoms with Crippen molar-refractivity contribution in [1.82, 2.24) is 20.1 Å². The summed E-state index contributed by atoms with van der Waals surface area (Å²) in [7, 11) is 0. The summed E-state index contributed by atoms with van der Waals surface area (Å²) in [5, 5.41) is 7.16. The van der Waals surface area contributed by atoms with E-state index < -0.39 is 11.6 Å². The van der Waals surface area contributed by atoms with E-state index in [-0.39, 0.29) is 23.7 Å². The summed E-state index contributed by atoms with van der Waals surface area (Å²) in [5.41, 5.74) is 2.86. The molecule has 0 spiro atoms. The van der Waals surface area contributed by atoms with Crippen molar-refractivity contribution in [3.8, 4) is 22.8 Å². The van der Waals surface area contributed by atoms with Gasteiger partial charge in [0.25, 0.3) is 0 Å². The summed E-state index contributed by atoms with van der Waals surface area (Å²) in [6, 6.07) is 5.93. The number of H-pyrrole nitrogens is 1. The van der Waals surface area contributed by atoms with E-state index in [0.29, 0.717) is 19.6 Å². The van der Waals surface area contributed by atoms with Crippen LogP contribution in [0.5, 0.6) is 11.5 Å². The molecular formula is C19H16F2N4O2. The number of nitrogens with one attached hydrogen (secondary N) is 1. The van der Waals surface area contributed by atoms with Crippen LogP contribution in [0.2, 0.25) is 0 Å². The number of pyridine rings is 1. The second-order valence-electron chi connectivity index (χ2n) is 6.71. The summed E-state index contributed by atoms with van der Waals surface area (Å²) in [6.07, 6.45) is 4.58. The fraction of sp³-hybridized carbons (Fsp3) is 0.263. The fourth-order valence-electron chi connectivity index (χ4n) is 3.64. The van der Waals surface area contributed by atoms with Gasteiger partial charge in [0.15, 0.2) is 11.6 Å². The van der Waals surface area contributed by atoms with Gasteiger partial charge in [-0.3, -0.25) is 15.0 Å². The van der Waals surface area contributed by atoms with Crippen LogP contribution in [-0.4, -0.2) is 45.4 Å². The van der Waals surface area contributed by atoms with Gasteiger partial charge in [-0.1, -0.05) is 0 Å². The summed E-state index contributed by atoms with van der Waals surface area (Å²) < 4.78 is 39.3. The monoisotopic (exact) mass is 370 g/mol. The molecule has 0 bridgehead atoms. The van der Waals surface area contributed by atoms with Crippen molar-refractivity contribution in [2.75, 3.05) is 13.1 Å². The highest BCUT2D eigenvalue weighted by Gasteiger charge is 2.42. The van der Waals surface area contributed by atoms with Gasteiger partial charge in [-0.2, -0.15) is 5.10 Å². The Bertz CT molecular complexity index is 940. The van der Waals surface area contributed by atoms with E-state index >= 15 is 0 Å². The molecule has 1 fully saturated rings. The minimum Gasteiger partial charge on any atom is -0.478 e. The molecule has 1 saturated heterocycles. The van der Waals surface area contributed by atoms with Crippen LogP contribution in [0.25, 0.3) is 11.3 Å². The van der Waals surface area contributed by atoms with Crippen LogP contribution in [0.4, 0.5) is 8.78 Å². The predicted octanol–water partition coefficient (Wildman–Crippen LogP) is 2.77. The lowest BCUT2D eigenvalue weighted by atomic mass is 10.1. The maximum absolute atomic E-state index is 13.9. The number of aromatic amines is 1.